The van der Waals surface area contributed by atoms with Crippen LogP contribution >= 0.6 is 0 Å². The molecule has 1 saturated heterocycles. The molecular weight excluding hydrogens is 356 g/mol. The SMILES string of the molecule is O=C(/C=C/c1cccc(/C=C/C(=O)c2cccc(N3CCNCC3)c2)n1)NO. The van der Waals surface area contributed by atoms with Crippen molar-refractivity contribution in [3.05, 3.63) is 71.6 Å². The maximum Gasteiger partial charge on any atom is 0.267 e. The van der Waals surface area contributed by atoms with Crippen molar-refractivity contribution < 1.29 is 14.8 Å². The molecule has 1 aliphatic heterocycles. The first-order valence-corrected chi connectivity index (χ1v) is 9.03. The van der Waals surface area contributed by atoms with Gasteiger partial charge in [0.05, 0.1) is 11.4 Å². The summed E-state index contributed by atoms with van der Waals surface area (Å²) in [5.74, 6) is -0.735. The van der Waals surface area contributed by atoms with Gasteiger partial charge in [0.2, 0.25) is 0 Å². The number of carbonyl (C=O) groups excluding carboxylic acids is 2. The molecular formula is C21H22N4O3. The van der Waals surface area contributed by atoms with E-state index < -0.39 is 5.91 Å². The first kappa shape index (κ1) is 19.5. The Morgan fingerprint density at radius 3 is 2.43 bits per heavy atom. The van der Waals surface area contributed by atoms with Crippen LogP contribution in [0, 0.1) is 0 Å². The van der Waals surface area contributed by atoms with Gasteiger partial charge in [-0.2, -0.15) is 0 Å². The van der Waals surface area contributed by atoms with Crippen LogP contribution in [0.25, 0.3) is 12.2 Å². The summed E-state index contributed by atoms with van der Waals surface area (Å²) >= 11 is 0. The van der Waals surface area contributed by atoms with Gasteiger partial charge >= 0.3 is 0 Å². The number of allylic oxidation sites excluding steroid dienone is 1. The van der Waals surface area contributed by atoms with Crippen molar-refractivity contribution in [2.45, 2.75) is 0 Å². The quantitative estimate of drug-likeness (QED) is 0.308. The highest BCUT2D eigenvalue weighted by Crippen LogP contribution is 2.17. The van der Waals surface area contributed by atoms with Crippen LogP contribution in [0.1, 0.15) is 21.7 Å². The molecule has 7 nitrogen and oxygen atoms in total. The lowest BCUT2D eigenvalue weighted by atomic mass is 10.1. The molecule has 2 heterocycles. The van der Waals surface area contributed by atoms with Crippen molar-refractivity contribution in [3.8, 4) is 0 Å². The highest BCUT2D eigenvalue weighted by molar-refractivity contribution is 6.07. The predicted octanol–water partition coefficient (Wildman–Crippen LogP) is 1.91. The van der Waals surface area contributed by atoms with Crippen molar-refractivity contribution in [2.75, 3.05) is 31.1 Å². The maximum absolute atomic E-state index is 12.6. The zero-order valence-electron chi connectivity index (χ0n) is 15.3. The van der Waals surface area contributed by atoms with E-state index in [-0.39, 0.29) is 5.78 Å². The lowest BCUT2D eigenvalue weighted by Crippen LogP contribution is -2.43. The second-order valence-corrected chi connectivity index (χ2v) is 6.28. The topological polar surface area (TPSA) is 94.6 Å². The fraction of sp³-hybridized carbons (Fsp3) is 0.190. The van der Waals surface area contributed by atoms with Gasteiger partial charge in [-0.05, 0) is 42.5 Å². The van der Waals surface area contributed by atoms with E-state index in [2.05, 4.69) is 15.2 Å². The molecule has 0 bridgehead atoms. The summed E-state index contributed by atoms with van der Waals surface area (Å²) in [5, 5.41) is 11.8. The van der Waals surface area contributed by atoms with Crippen molar-refractivity contribution in [3.63, 3.8) is 0 Å². The molecule has 0 saturated carbocycles. The molecule has 1 amide bonds. The minimum absolute atomic E-state index is 0.0978. The van der Waals surface area contributed by atoms with Gasteiger partial charge in [-0.25, -0.2) is 10.5 Å². The number of amides is 1. The Hall–Kier alpha value is -3.29. The summed E-state index contributed by atoms with van der Waals surface area (Å²) in [6, 6.07) is 12.9. The van der Waals surface area contributed by atoms with Crippen LogP contribution in [-0.2, 0) is 4.79 Å². The smallest absolute Gasteiger partial charge is 0.267 e. The molecule has 0 radical (unpaired) electrons. The monoisotopic (exact) mass is 378 g/mol. The molecule has 1 aromatic heterocycles. The van der Waals surface area contributed by atoms with Gasteiger partial charge in [-0.1, -0.05) is 18.2 Å². The number of nitrogens with one attached hydrogen (secondary N) is 2. The number of hydrogen-bond acceptors (Lipinski definition) is 6. The number of ketones is 1. The zero-order chi connectivity index (χ0) is 19.8. The molecule has 144 valence electrons. The molecule has 3 N–H and O–H groups in total. The number of hydrogen-bond donors (Lipinski definition) is 3. The molecule has 1 aromatic carbocycles. The zero-order valence-corrected chi connectivity index (χ0v) is 15.3. The van der Waals surface area contributed by atoms with Crippen molar-refractivity contribution in [1.82, 2.24) is 15.8 Å². The average Bonchev–Trinajstić information content (AvgIpc) is 2.76. The molecule has 0 spiro atoms. The predicted molar refractivity (Wildman–Crippen MR) is 108 cm³/mol. The van der Waals surface area contributed by atoms with Gasteiger partial charge in [0, 0.05) is 43.5 Å². The van der Waals surface area contributed by atoms with E-state index in [9.17, 15) is 9.59 Å². The second kappa shape index (κ2) is 9.59. The Morgan fingerprint density at radius 2 is 1.71 bits per heavy atom. The summed E-state index contributed by atoms with van der Waals surface area (Å²) in [5.41, 5.74) is 4.33. The summed E-state index contributed by atoms with van der Waals surface area (Å²) in [7, 11) is 0. The summed E-state index contributed by atoms with van der Waals surface area (Å²) in [4.78, 5) is 30.2. The Bertz CT molecular complexity index is 902. The number of benzene rings is 1. The van der Waals surface area contributed by atoms with E-state index in [1.807, 2.05) is 18.2 Å². The highest BCUT2D eigenvalue weighted by Gasteiger charge is 2.12. The third kappa shape index (κ3) is 5.35. The van der Waals surface area contributed by atoms with E-state index in [1.165, 1.54) is 23.7 Å². The highest BCUT2D eigenvalue weighted by atomic mass is 16.5. The number of aromatic nitrogens is 1. The van der Waals surface area contributed by atoms with Gasteiger partial charge < -0.3 is 10.2 Å². The van der Waals surface area contributed by atoms with E-state index in [0.29, 0.717) is 17.0 Å². The van der Waals surface area contributed by atoms with Crippen LogP contribution in [0.3, 0.4) is 0 Å². The first-order valence-electron chi connectivity index (χ1n) is 9.03. The van der Waals surface area contributed by atoms with Crippen LogP contribution in [0.5, 0.6) is 0 Å². The molecule has 0 unspecified atom stereocenters. The van der Waals surface area contributed by atoms with Crippen LogP contribution in [0.4, 0.5) is 5.69 Å². The standard InChI is InChI=1S/C21H22N4O3/c26-20(16-3-1-6-19(15-16)25-13-11-22-12-14-25)9-7-17-4-2-5-18(23-17)8-10-21(27)24-28/h1-10,15,22,28H,11-14H2,(H,24,27)/b9-7+,10-8+. The number of anilines is 1. The van der Waals surface area contributed by atoms with Crippen LogP contribution in [0.2, 0.25) is 0 Å². The normalized spacial score (nSPS) is 14.5. The number of piperazine rings is 1. The maximum atomic E-state index is 12.6. The third-order valence-corrected chi connectivity index (χ3v) is 4.33. The van der Waals surface area contributed by atoms with Crippen molar-refractivity contribution >= 4 is 29.5 Å². The number of rotatable bonds is 6. The average molecular weight is 378 g/mol. The van der Waals surface area contributed by atoms with Crippen LogP contribution in [-0.4, -0.2) is 48.1 Å². The van der Waals surface area contributed by atoms with Crippen LogP contribution < -0.4 is 15.7 Å². The third-order valence-electron chi connectivity index (χ3n) is 4.33. The lowest BCUT2D eigenvalue weighted by Gasteiger charge is -2.29. The molecule has 0 aliphatic carbocycles. The summed E-state index contributed by atoms with van der Waals surface area (Å²) in [6.45, 7) is 3.72. The largest absolute Gasteiger partial charge is 0.369 e. The Balaban J connectivity index is 1.70. The van der Waals surface area contributed by atoms with E-state index in [1.54, 1.807) is 30.3 Å². The first-order chi connectivity index (χ1) is 13.7. The van der Waals surface area contributed by atoms with E-state index >= 15 is 0 Å². The van der Waals surface area contributed by atoms with Gasteiger partial charge in [0.15, 0.2) is 5.78 Å². The van der Waals surface area contributed by atoms with E-state index in [0.717, 1.165) is 31.9 Å². The molecule has 1 fully saturated rings. The molecule has 7 heteroatoms. The number of hydroxylamine groups is 1. The fourth-order valence-corrected chi connectivity index (χ4v) is 2.89. The minimum Gasteiger partial charge on any atom is -0.369 e. The molecule has 0 atom stereocenters. The Labute approximate surface area is 163 Å². The van der Waals surface area contributed by atoms with Crippen LogP contribution in [0.15, 0.2) is 54.6 Å². The van der Waals surface area contributed by atoms with Gasteiger partial charge in [-0.3, -0.25) is 14.8 Å². The number of carbonyl (C=O) groups is 2. The van der Waals surface area contributed by atoms with E-state index in [4.69, 9.17) is 5.21 Å². The summed E-state index contributed by atoms with van der Waals surface area (Å²) < 4.78 is 0. The second-order valence-electron chi connectivity index (χ2n) is 6.28. The Morgan fingerprint density at radius 1 is 1.04 bits per heavy atom. The van der Waals surface area contributed by atoms with Gasteiger partial charge in [0.1, 0.15) is 0 Å². The fourth-order valence-electron chi connectivity index (χ4n) is 2.89. The molecule has 28 heavy (non-hydrogen) atoms. The lowest BCUT2D eigenvalue weighted by molar-refractivity contribution is -0.124. The molecule has 3 rings (SSSR count). The van der Waals surface area contributed by atoms with Gasteiger partial charge in [-0.15, -0.1) is 0 Å². The van der Waals surface area contributed by atoms with Gasteiger partial charge in [0.25, 0.3) is 5.91 Å². The minimum atomic E-state index is -0.637. The molecule has 1 aliphatic rings. The molecule has 2 aromatic rings. The van der Waals surface area contributed by atoms with Crippen molar-refractivity contribution in [1.29, 1.82) is 0 Å². The Kier molecular flexibility index (Phi) is 6.67. The van der Waals surface area contributed by atoms with Crippen molar-refractivity contribution in [2.24, 2.45) is 0 Å². The number of nitrogens with zero attached hydrogens (tertiary/aromatic N) is 2. The summed E-state index contributed by atoms with van der Waals surface area (Å²) in [6.07, 6.45) is 5.78. The number of pyridine rings is 1.